The van der Waals surface area contributed by atoms with Gasteiger partial charge in [-0.2, -0.15) is 0 Å². The lowest BCUT2D eigenvalue weighted by Crippen LogP contribution is -2.55. The fourth-order valence-electron chi connectivity index (χ4n) is 3.00. The predicted molar refractivity (Wildman–Crippen MR) is 96.4 cm³/mol. The van der Waals surface area contributed by atoms with Gasteiger partial charge in [0.15, 0.2) is 0 Å². The highest BCUT2D eigenvalue weighted by Crippen LogP contribution is 2.33. The number of rotatable bonds is 3. The van der Waals surface area contributed by atoms with Crippen LogP contribution >= 0.6 is 0 Å². The largest absolute Gasteiger partial charge is 0.444 e. The third-order valence-corrected chi connectivity index (χ3v) is 4.21. The molecule has 1 heterocycles. The van der Waals surface area contributed by atoms with Gasteiger partial charge in [-0.25, -0.2) is 13.6 Å². The minimum atomic E-state index is -2.91. The van der Waals surface area contributed by atoms with E-state index < -0.39 is 24.2 Å². The van der Waals surface area contributed by atoms with Crippen molar-refractivity contribution < 1.29 is 23.4 Å². The molecule has 0 radical (unpaired) electrons. The van der Waals surface area contributed by atoms with E-state index in [1.165, 1.54) is 6.07 Å². The van der Waals surface area contributed by atoms with Crippen LogP contribution in [0.25, 0.3) is 0 Å². The van der Waals surface area contributed by atoms with E-state index in [9.17, 15) is 18.7 Å². The molecule has 0 aliphatic carbocycles. The molecule has 1 amide bonds. The van der Waals surface area contributed by atoms with Gasteiger partial charge in [-0.1, -0.05) is 0 Å². The number of nitrogen functional groups attached to an aromatic ring is 1. The van der Waals surface area contributed by atoms with Crippen LogP contribution in [-0.4, -0.2) is 53.8 Å². The normalized spacial score (nSPS) is 19.6. The average molecular weight is 371 g/mol. The molecular weight excluding hydrogens is 344 g/mol. The Morgan fingerprint density at radius 1 is 1.35 bits per heavy atom. The number of carbonyl (C=O) groups is 1. The van der Waals surface area contributed by atoms with E-state index in [0.717, 1.165) is 0 Å². The number of amides is 1. The molecule has 6 nitrogen and oxygen atoms in total. The van der Waals surface area contributed by atoms with Crippen molar-refractivity contribution in [2.75, 3.05) is 30.3 Å². The van der Waals surface area contributed by atoms with Crippen molar-refractivity contribution in [1.29, 1.82) is 0 Å². The fraction of sp³-hybridized carbons (Fsp3) is 0.611. The highest BCUT2D eigenvalue weighted by Gasteiger charge is 2.33. The van der Waals surface area contributed by atoms with Gasteiger partial charge in [0.05, 0.1) is 0 Å². The molecule has 1 aliphatic heterocycles. The van der Waals surface area contributed by atoms with Crippen molar-refractivity contribution in [2.24, 2.45) is 0 Å². The van der Waals surface area contributed by atoms with E-state index in [-0.39, 0.29) is 11.6 Å². The third kappa shape index (κ3) is 4.75. The minimum absolute atomic E-state index is 0.0953. The summed E-state index contributed by atoms with van der Waals surface area (Å²) in [6.45, 7) is 8.55. The van der Waals surface area contributed by atoms with Crippen LogP contribution in [0.3, 0.4) is 0 Å². The summed E-state index contributed by atoms with van der Waals surface area (Å²) in [6.07, 6.45) is -5.21. The topological polar surface area (TPSA) is 79.0 Å². The standard InChI is InChI=1S/C18H27F2N3O3/c1-11-10-22(7-8-23(11)17(25)26-18(2,3)4)14-6-5-12(21)9-13(14)15(24)16(19)20/h5-6,9,11,15-16,24H,7-8,10,21H2,1-4H3. The van der Waals surface area contributed by atoms with Crippen LogP contribution in [-0.2, 0) is 4.74 Å². The molecule has 0 spiro atoms. The van der Waals surface area contributed by atoms with E-state index in [2.05, 4.69) is 0 Å². The molecular formula is C18H27F2N3O3. The van der Waals surface area contributed by atoms with Gasteiger partial charge >= 0.3 is 6.09 Å². The van der Waals surface area contributed by atoms with Gasteiger partial charge in [0, 0.05) is 42.6 Å². The zero-order chi connectivity index (χ0) is 19.6. The Morgan fingerprint density at radius 2 is 2.00 bits per heavy atom. The number of halogens is 2. The third-order valence-electron chi connectivity index (χ3n) is 4.21. The number of hydrogen-bond donors (Lipinski definition) is 2. The van der Waals surface area contributed by atoms with Crippen LogP contribution < -0.4 is 10.6 Å². The number of carbonyl (C=O) groups excluding carboxylic acids is 1. The van der Waals surface area contributed by atoms with Crippen LogP contribution in [0, 0.1) is 0 Å². The molecule has 1 aromatic rings. The van der Waals surface area contributed by atoms with Crippen LogP contribution in [0.1, 0.15) is 39.4 Å². The van der Waals surface area contributed by atoms with Gasteiger partial charge in [-0.15, -0.1) is 0 Å². The number of anilines is 2. The van der Waals surface area contributed by atoms with Gasteiger partial charge < -0.3 is 25.4 Å². The van der Waals surface area contributed by atoms with E-state index in [4.69, 9.17) is 10.5 Å². The van der Waals surface area contributed by atoms with Crippen molar-refractivity contribution in [3.05, 3.63) is 23.8 Å². The Balaban J connectivity index is 2.17. The molecule has 1 aliphatic rings. The summed E-state index contributed by atoms with van der Waals surface area (Å²) in [5, 5.41) is 9.85. The number of aliphatic hydroxyl groups excluding tert-OH is 1. The second-order valence-corrected chi connectivity index (χ2v) is 7.57. The number of hydrogen-bond acceptors (Lipinski definition) is 5. The zero-order valence-corrected chi connectivity index (χ0v) is 15.6. The fourth-order valence-corrected chi connectivity index (χ4v) is 3.00. The van der Waals surface area contributed by atoms with Gasteiger partial charge in [0.2, 0.25) is 0 Å². The Hall–Kier alpha value is -2.09. The molecule has 1 saturated heterocycles. The number of piperazine rings is 1. The maximum atomic E-state index is 13.0. The van der Waals surface area contributed by atoms with Crippen molar-refractivity contribution in [3.63, 3.8) is 0 Å². The monoisotopic (exact) mass is 371 g/mol. The van der Waals surface area contributed by atoms with Gasteiger partial charge in [-0.05, 0) is 45.9 Å². The highest BCUT2D eigenvalue weighted by atomic mass is 19.3. The Morgan fingerprint density at radius 3 is 2.54 bits per heavy atom. The van der Waals surface area contributed by atoms with Gasteiger partial charge in [-0.3, -0.25) is 0 Å². The summed E-state index contributed by atoms with van der Waals surface area (Å²) >= 11 is 0. The maximum absolute atomic E-state index is 13.0. The van der Waals surface area contributed by atoms with E-state index in [1.807, 2.05) is 11.8 Å². The minimum Gasteiger partial charge on any atom is -0.444 e. The molecule has 0 bridgehead atoms. The first-order valence-electron chi connectivity index (χ1n) is 8.60. The maximum Gasteiger partial charge on any atom is 0.410 e. The second kappa shape index (κ2) is 7.65. The summed E-state index contributed by atoms with van der Waals surface area (Å²) < 4.78 is 31.4. The molecule has 2 rings (SSSR count). The average Bonchev–Trinajstić information content (AvgIpc) is 2.52. The molecule has 146 valence electrons. The summed E-state index contributed by atoms with van der Waals surface area (Å²) in [4.78, 5) is 15.8. The lowest BCUT2D eigenvalue weighted by atomic mass is 10.0. The van der Waals surface area contributed by atoms with Crippen molar-refractivity contribution in [2.45, 2.75) is 51.9 Å². The molecule has 2 atom stereocenters. The Kier molecular flexibility index (Phi) is 5.95. The number of nitrogens with two attached hydrogens (primary N) is 1. The first-order chi connectivity index (χ1) is 12.0. The summed E-state index contributed by atoms with van der Waals surface area (Å²) in [6, 6.07) is 4.44. The molecule has 1 fully saturated rings. The first-order valence-corrected chi connectivity index (χ1v) is 8.60. The van der Waals surface area contributed by atoms with E-state index >= 15 is 0 Å². The van der Waals surface area contributed by atoms with Crippen LogP contribution in [0.5, 0.6) is 0 Å². The first kappa shape index (κ1) is 20.2. The number of alkyl halides is 2. The van der Waals surface area contributed by atoms with Crippen molar-refractivity contribution in [3.8, 4) is 0 Å². The van der Waals surface area contributed by atoms with Gasteiger partial charge in [0.25, 0.3) is 6.43 Å². The Bertz CT molecular complexity index is 649. The molecule has 2 unspecified atom stereocenters. The summed E-state index contributed by atoms with van der Waals surface area (Å²) in [5.74, 6) is 0. The lowest BCUT2D eigenvalue weighted by molar-refractivity contribution is -0.00562. The van der Waals surface area contributed by atoms with Gasteiger partial charge in [0.1, 0.15) is 11.7 Å². The highest BCUT2D eigenvalue weighted by molar-refractivity contribution is 5.69. The molecule has 8 heteroatoms. The van der Waals surface area contributed by atoms with Crippen molar-refractivity contribution >= 4 is 17.5 Å². The number of nitrogens with zero attached hydrogens (tertiary/aromatic N) is 2. The lowest BCUT2D eigenvalue weighted by Gasteiger charge is -2.42. The number of benzene rings is 1. The molecule has 3 N–H and O–H groups in total. The van der Waals surface area contributed by atoms with Crippen LogP contribution in [0.15, 0.2) is 18.2 Å². The molecule has 0 saturated carbocycles. The summed E-state index contributed by atoms with van der Waals surface area (Å²) in [7, 11) is 0. The molecule has 0 aromatic heterocycles. The zero-order valence-electron chi connectivity index (χ0n) is 15.6. The predicted octanol–water partition coefficient (Wildman–Crippen LogP) is 3.01. The van der Waals surface area contributed by atoms with Crippen molar-refractivity contribution in [1.82, 2.24) is 4.90 Å². The number of ether oxygens (including phenoxy) is 1. The quantitative estimate of drug-likeness (QED) is 0.799. The summed E-state index contributed by atoms with van der Waals surface area (Å²) in [5.41, 5.74) is 6.02. The smallest absolute Gasteiger partial charge is 0.410 e. The SMILES string of the molecule is CC1CN(c2ccc(N)cc2C(O)C(F)F)CCN1C(=O)OC(C)(C)C. The van der Waals surface area contributed by atoms with Crippen LogP contribution in [0.4, 0.5) is 25.0 Å². The number of aliphatic hydroxyl groups is 1. The molecule has 26 heavy (non-hydrogen) atoms. The van der Waals surface area contributed by atoms with Crippen LogP contribution in [0.2, 0.25) is 0 Å². The second-order valence-electron chi connectivity index (χ2n) is 7.57. The van der Waals surface area contributed by atoms with E-state index in [0.29, 0.717) is 31.0 Å². The Labute approximate surface area is 152 Å². The van der Waals surface area contributed by atoms with E-state index in [1.54, 1.807) is 37.8 Å². The molecule has 1 aromatic carbocycles.